The number of alkyl halides is 3. The van der Waals surface area contributed by atoms with Gasteiger partial charge in [-0.1, -0.05) is 64.5 Å². The van der Waals surface area contributed by atoms with E-state index in [1.165, 1.54) is 12.1 Å². The molecule has 3 aliphatic heterocycles. The minimum absolute atomic E-state index is 0.152. The molecule has 3 aliphatic rings. The molecule has 37 heavy (non-hydrogen) atoms. The number of Topliss-reactive ketones (excluding diaryl/α,β-unsaturated/α-hetero) is 1. The van der Waals surface area contributed by atoms with Gasteiger partial charge in [-0.05, 0) is 42.0 Å². The van der Waals surface area contributed by atoms with Crippen molar-refractivity contribution in [1.29, 1.82) is 0 Å². The second kappa shape index (κ2) is 8.41. The fraction of sp³-hybridized carbons (Fsp3) is 0.179. The second-order valence-corrected chi connectivity index (χ2v) is 10.2. The number of carbonyl (C=O) groups excluding carboxylic acids is 3. The normalized spacial score (nSPS) is 24.2. The topological polar surface area (TPSA) is 57.7 Å². The van der Waals surface area contributed by atoms with Gasteiger partial charge in [0.2, 0.25) is 11.8 Å². The van der Waals surface area contributed by atoms with Gasteiger partial charge in [-0.2, -0.15) is 13.2 Å². The zero-order valence-corrected chi connectivity index (χ0v) is 20.6. The Kier molecular flexibility index (Phi) is 5.38. The summed E-state index contributed by atoms with van der Waals surface area (Å²) in [5, 5.41) is 0. The molecule has 3 heterocycles. The molecule has 0 bridgehead atoms. The van der Waals surface area contributed by atoms with E-state index in [1.807, 2.05) is 35.2 Å². The van der Waals surface area contributed by atoms with Crippen molar-refractivity contribution in [2.24, 2.45) is 11.8 Å². The summed E-state index contributed by atoms with van der Waals surface area (Å²) in [5.41, 5.74) is 0.838. The lowest BCUT2D eigenvalue weighted by atomic mass is 9.86. The minimum atomic E-state index is -4.63. The fourth-order valence-corrected chi connectivity index (χ4v) is 5.94. The molecule has 2 amide bonds. The first-order chi connectivity index (χ1) is 17.7. The number of ketones is 1. The summed E-state index contributed by atoms with van der Waals surface area (Å²) in [7, 11) is 0. The van der Waals surface area contributed by atoms with Crippen LogP contribution in [0.2, 0.25) is 0 Å². The van der Waals surface area contributed by atoms with E-state index in [-0.39, 0.29) is 11.5 Å². The number of hydrogen-bond acceptors (Lipinski definition) is 4. The molecule has 0 aromatic heterocycles. The van der Waals surface area contributed by atoms with Crippen molar-refractivity contribution in [3.8, 4) is 0 Å². The van der Waals surface area contributed by atoms with Gasteiger partial charge in [0.05, 0.1) is 29.1 Å². The van der Waals surface area contributed by atoms with Gasteiger partial charge in [0.25, 0.3) is 0 Å². The Balaban J connectivity index is 1.48. The molecule has 4 atom stereocenters. The van der Waals surface area contributed by atoms with Crippen LogP contribution in [-0.4, -0.2) is 29.7 Å². The number of halogens is 4. The van der Waals surface area contributed by atoms with Crippen LogP contribution in [0.15, 0.2) is 83.3 Å². The summed E-state index contributed by atoms with van der Waals surface area (Å²) >= 11 is 3.35. The van der Waals surface area contributed by atoms with Gasteiger partial charge in [0, 0.05) is 15.7 Å². The van der Waals surface area contributed by atoms with Crippen molar-refractivity contribution in [2.75, 3.05) is 9.80 Å². The van der Waals surface area contributed by atoms with E-state index < -0.39 is 47.5 Å². The van der Waals surface area contributed by atoms with Crippen LogP contribution in [0.4, 0.5) is 24.5 Å². The Morgan fingerprint density at radius 1 is 0.865 bits per heavy atom. The van der Waals surface area contributed by atoms with Gasteiger partial charge >= 0.3 is 6.18 Å². The highest BCUT2D eigenvalue weighted by Crippen LogP contribution is 2.50. The van der Waals surface area contributed by atoms with Crippen LogP contribution < -0.4 is 9.80 Å². The maximum absolute atomic E-state index is 13.9. The summed E-state index contributed by atoms with van der Waals surface area (Å²) in [6.07, 6.45) is -0.981. The third-order valence-electron chi connectivity index (χ3n) is 7.24. The molecule has 3 aromatic carbocycles. The number of carbonyl (C=O) groups is 3. The number of fused-ring (bicyclic) bond motifs is 5. The molecule has 2 fully saturated rings. The van der Waals surface area contributed by atoms with Crippen LogP contribution in [0.1, 0.15) is 21.5 Å². The van der Waals surface area contributed by atoms with Crippen LogP contribution in [-0.2, 0) is 15.8 Å². The van der Waals surface area contributed by atoms with E-state index in [0.29, 0.717) is 5.56 Å². The van der Waals surface area contributed by atoms with Gasteiger partial charge in [-0.3, -0.25) is 14.4 Å². The number of imide groups is 1. The van der Waals surface area contributed by atoms with Crippen molar-refractivity contribution in [1.82, 2.24) is 0 Å². The number of benzene rings is 3. The maximum atomic E-state index is 13.9. The number of nitrogens with zero attached hydrogens (tertiary/aromatic N) is 2. The summed E-state index contributed by atoms with van der Waals surface area (Å²) < 4.78 is 40.9. The molecule has 0 radical (unpaired) electrons. The monoisotopic (exact) mass is 566 g/mol. The zero-order chi connectivity index (χ0) is 26.1. The van der Waals surface area contributed by atoms with Crippen molar-refractivity contribution >= 4 is 51.0 Å². The zero-order valence-electron chi connectivity index (χ0n) is 19.0. The van der Waals surface area contributed by atoms with Crippen molar-refractivity contribution in [2.45, 2.75) is 18.3 Å². The lowest BCUT2D eigenvalue weighted by molar-refractivity contribution is -0.137. The highest BCUT2D eigenvalue weighted by Gasteiger charge is 2.64. The lowest BCUT2D eigenvalue weighted by Crippen LogP contribution is -2.48. The van der Waals surface area contributed by atoms with Crippen molar-refractivity contribution in [3.05, 3.63) is 100 Å². The van der Waals surface area contributed by atoms with Crippen LogP contribution in [0, 0.1) is 11.8 Å². The van der Waals surface area contributed by atoms with Gasteiger partial charge in [-0.25, -0.2) is 4.90 Å². The Hall–Kier alpha value is -3.72. The molecule has 6 rings (SSSR count). The average Bonchev–Trinajstić information content (AvgIpc) is 3.36. The Labute approximate surface area is 218 Å². The van der Waals surface area contributed by atoms with Crippen LogP contribution >= 0.6 is 15.9 Å². The highest BCUT2D eigenvalue weighted by molar-refractivity contribution is 9.10. The summed E-state index contributed by atoms with van der Waals surface area (Å²) in [5.74, 6) is -3.60. The average molecular weight is 567 g/mol. The van der Waals surface area contributed by atoms with E-state index in [0.717, 1.165) is 32.8 Å². The van der Waals surface area contributed by atoms with Gasteiger partial charge in [0.15, 0.2) is 5.78 Å². The van der Waals surface area contributed by atoms with Crippen LogP contribution in [0.25, 0.3) is 6.08 Å². The first-order valence-electron chi connectivity index (χ1n) is 11.6. The van der Waals surface area contributed by atoms with E-state index in [4.69, 9.17) is 0 Å². The predicted molar refractivity (Wildman–Crippen MR) is 135 cm³/mol. The SMILES string of the molecule is O=C(c1ccc(Br)cc1)[C@@H]1[C@H]2C(=O)N(c3cccc(C(F)(F)F)c3)C(=O)[C@@H]2[C@H]2C=Cc3ccccc3N21. The first-order valence-corrected chi connectivity index (χ1v) is 12.4. The highest BCUT2D eigenvalue weighted by atomic mass is 79.9. The predicted octanol–water partition coefficient (Wildman–Crippen LogP) is 5.74. The molecule has 0 N–H and O–H groups in total. The molecule has 0 unspecified atom stereocenters. The van der Waals surface area contributed by atoms with E-state index in [9.17, 15) is 27.6 Å². The Morgan fingerprint density at radius 2 is 1.57 bits per heavy atom. The number of amides is 2. The van der Waals surface area contributed by atoms with Gasteiger partial charge in [0.1, 0.15) is 6.04 Å². The quantitative estimate of drug-likeness (QED) is 0.299. The fourth-order valence-electron chi connectivity index (χ4n) is 5.67. The number of hydrogen-bond donors (Lipinski definition) is 0. The largest absolute Gasteiger partial charge is 0.416 e. The standard InChI is InChI=1S/C28H18BrF3N2O3/c29-18-11-8-16(9-12-18)25(35)24-23-22(21-13-10-15-4-1-2-7-20(15)34(21)24)26(36)33(27(23)37)19-6-3-5-17(14-19)28(30,31)32/h1-14,21-24H/t21-,22-,23+,24+/m1/s1. The molecule has 2 saturated heterocycles. The summed E-state index contributed by atoms with van der Waals surface area (Å²) in [6.45, 7) is 0. The Bertz CT molecular complexity index is 1480. The third-order valence-corrected chi connectivity index (χ3v) is 7.77. The molecule has 3 aromatic rings. The maximum Gasteiger partial charge on any atom is 0.416 e. The smallest absolute Gasteiger partial charge is 0.352 e. The van der Waals surface area contributed by atoms with Crippen LogP contribution in [0.3, 0.4) is 0 Å². The van der Waals surface area contributed by atoms with Gasteiger partial charge < -0.3 is 4.90 Å². The molecule has 0 spiro atoms. The molecule has 0 saturated carbocycles. The van der Waals surface area contributed by atoms with E-state index >= 15 is 0 Å². The molecular weight excluding hydrogens is 549 g/mol. The molecular formula is C28H18BrF3N2O3. The van der Waals surface area contributed by atoms with E-state index in [1.54, 1.807) is 30.3 Å². The minimum Gasteiger partial charge on any atom is -0.352 e. The number of anilines is 2. The lowest BCUT2D eigenvalue weighted by Gasteiger charge is -2.36. The summed E-state index contributed by atoms with van der Waals surface area (Å²) in [6, 6.07) is 16.7. The number of para-hydroxylation sites is 1. The van der Waals surface area contributed by atoms with E-state index in [2.05, 4.69) is 15.9 Å². The molecule has 9 heteroatoms. The van der Waals surface area contributed by atoms with Crippen LogP contribution in [0.5, 0.6) is 0 Å². The van der Waals surface area contributed by atoms with Crippen molar-refractivity contribution in [3.63, 3.8) is 0 Å². The first kappa shape index (κ1) is 23.7. The molecule has 5 nitrogen and oxygen atoms in total. The second-order valence-electron chi connectivity index (χ2n) is 9.24. The molecule has 186 valence electrons. The van der Waals surface area contributed by atoms with Gasteiger partial charge in [-0.15, -0.1) is 0 Å². The summed E-state index contributed by atoms with van der Waals surface area (Å²) in [4.78, 5) is 44.1. The number of rotatable bonds is 3. The Morgan fingerprint density at radius 3 is 2.30 bits per heavy atom. The molecule has 0 aliphatic carbocycles. The van der Waals surface area contributed by atoms with Crippen molar-refractivity contribution < 1.29 is 27.6 Å². The third kappa shape index (κ3) is 3.63.